The van der Waals surface area contributed by atoms with Gasteiger partial charge in [0.05, 0.1) is 17.0 Å². The number of halogens is 2. The maximum absolute atomic E-state index is 14.9. The van der Waals surface area contributed by atoms with Gasteiger partial charge in [0, 0.05) is 24.2 Å². The van der Waals surface area contributed by atoms with E-state index in [1.807, 2.05) is 12.3 Å². The molecule has 2 heterocycles. The Balaban J connectivity index is 1.62. The molecule has 31 heavy (non-hydrogen) atoms. The molecule has 0 unspecified atom stereocenters. The normalized spacial score (nSPS) is 14.5. The van der Waals surface area contributed by atoms with Crippen molar-refractivity contribution in [3.05, 3.63) is 58.9 Å². The van der Waals surface area contributed by atoms with Crippen LogP contribution in [0.3, 0.4) is 0 Å². The average molecular weight is 448 g/mol. The summed E-state index contributed by atoms with van der Waals surface area (Å²) in [6.07, 6.45) is 6.91. The van der Waals surface area contributed by atoms with Gasteiger partial charge in [-0.2, -0.15) is 0 Å². The summed E-state index contributed by atoms with van der Waals surface area (Å²) in [6.45, 7) is 1.67. The zero-order chi connectivity index (χ0) is 22.2. The van der Waals surface area contributed by atoms with Gasteiger partial charge in [-0.05, 0) is 54.5 Å². The number of anilines is 1. The minimum Gasteiger partial charge on any atom is -0.346 e. The fraction of sp³-hybridized carbons (Fsp3) is 0.364. The first-order valence-corrected chi connectivity index (χ1v) is 11.9. The molecule has 164 valence electrons. The highest BCUT2D eigenvalue weighted by atomic mass is 32.2. The Morgan fingerprint density at radius 2 is 2.06 bits per heavy atom. The number of rotatable bonds is 8. The Morgan fingerprint density at radius 3 is 2.74 bits per heavy atom. The lowest BCUT2D eigenvalue weighted by Crippen LogP contribution is -2.19. The molecule has 2 aromatic heterocycles. The van der Waals surface area contributed by atoms with E-state index >= 15 is 0 Å². The number of H-pyrrole nitrogens is 1. The largest absolute Gasteiger partial charge is 0.346 e. The van der Waals surface area contributed by atoms with E-state index in [9.17, 15) is 22.0 Å². The Bertz CT molecular complexity index is 1250. The number of sulfonamides is 1. The fourth-order valence-corrected chi connectivity index (χ4v) is 5.00. The van der Waals surface area contributed by atoms with Crippen LogP contribution in [0.1, 0.15) is 60.0 Å². The summed E-state index contributed by atoms with van der Waals surface area (Å²) in [5, 5.41) is 0.914. The standard InChI is InChI=1S/C22H23F2N3O3S/c1-2-8-31(29,30)27-18-7-6-17(23)20(21(18)24)19(28)10-13-9-15-16(14-4-3-5-14)12-26-22(15)25-11-13/h6-7,9,11-12,14,27H,2-5,8,10H2,1H3,(H,25,26). The second-order valence-corrected chi connectivity index (χ2v) is 9.76. The number of hydrogen-bond donors (Lipinski definition) is 2. The van der Waals surface area contributed by atoms with E-state index in [0.29, 0.717) is 23.5 Å². The Kier molecular flexibility index (Phi) is 5.79. The number of fused-ring (bicyclic) bond motifs is 1. The van der Waals surface area contributed by atoms with Gasteiger partial charge in [-0.1, -0.05) is 13.3 Å². The van der Waals surface area contributed by atoms with E-state index in [-0.39, 0.29) is 12.2 Å². The number of ketones is 1. The van der Waals surface area contributed by atoms with Crippen LogP contribution in [-0.2, 0) is 16.4 Å². The first-order chi connectivity index (χ1) is 14.8. The Morgan fingerprint density at radius 1 is 1.29 bits per heavy atom. The van der Waals surface area contributed by atoms with Crippen LogP contribution in [0.2, 0.25) is 0 Å². The summed E-state index contributed by atoms with van der Waals surface area (Å²) >= 11 is 0. The number of hydrogen-bond acceptors (Lipinski definition) is 4. The van der Waals surface area contributed by atoms with Crippen LogP contribution in [-0.4, -0.2) is 29.9 Å². The number of aromatic nitrogens is 2. The third-order valence-electron chi connectivity index (χ3n) is 5.64. The van der Waals surface area contributed by atoms with E-state index in [4.69, 9.17) is 0 Å². The maximum atomic E-state index is 14.9. The van der Waals surface area contributed by atoms with Gasteiger partial charge in [-0.3, -0.25) is 9.52 Å². The molecule has 2 N–H and O–H groups in total. The number of benzene rings is 1. The summed E-state index contributed by atoms with van der Waals surface area (Å²) in [5.41, 5.74) is 1.19. The molecule has 0 aliphatic heterocycles. The number of Topliss-reactive ketones (excluding diaryl/α,β-unsaturated/α-hetero) is 1. The van der Waals surface area contributed by atoms with Crippen LogP contribution in [0.5, 0.6) is 0 Å². The van der Waals surface area contributed by atoms with E-state index in [1.54, 1.807) is 6.92 Å². The fourth-order valence-electron chi connectivity index (χ4n) is 3.87. The van der Waals surface area contributed by atoms with Crippen molar-refractivity contribution in [2.75, 3.05) is 10.5 Å². The van der Waals surface area contributed by atoms with Crippen molar-refractivity contribution in [1.29, 1.82) is 0 Å². The van der Waals surface area contributed by atoms with Gasteiger partial charge in [0.25, 0.3) is 0 Å². The molecule has 1 aliphatic rings. The highest BCUT2D eigenvalue weighted by Crippen LogP contribution is 2.39. The zero-order valence-electron chi connectivity index (χ0n) is 17.0. The molecule has 0 saturated heterocycles. The number of nitrogens with one attached hydrogen (secondary N) is 2. The van der Waals surface area contributed by atoms with Crippen molar-refractivity contribution in [3.8, 4) is 0 Å². The lowest BCUT2D eigenvalue weighted by molar-refractivity contribution is 0.0985. The lowest BCUT2D eigenvalue weighted by Gasteiger charge is -2.24. The molecule has 0 spiro atoms. The molecule has 0 bridgehead atoms. The third-order valence-corrected chi connectivity index (χ3v) is 7.11. The molecule has 1 fully saturated rings. The Labute approximate surface area is 179 Å². The monoisotopic (exact) mass is 447 g/mol. The van der Waals surface area contributed by atoms with E-state index in [2.05, 4.69) is 14.7 Å². The summed E-state index contributed by atoms with van der Waals surface area (Å²) in [5.74, 6) is -2.78. The second kappa shape index (κ2) is 8.37. The quantitative estimate of drug-likeness (QED) is 0.490. The Hall–Kier alpha value is -2.81. The van der Waals surface area contributed by atoms with Gasteiger partial charge in [-0.25, -0.2) is 22.2 Å². The molecule has 4 rings (SSSR count). The molecule has 3 aromatic rings. The van der Waals surface area contributed by atoms with Gasteiger partial charge in [0.1, 0.15) is 11.5 Å². The molecule has 0 atom stereocenters. The van der Waals surface area contributed by atoms with Gasteiger partial charge in [0.15, 0.2) is 11.6 Å². The molecule has 0 radical (unpaired) electrons. The first kappa shape index (κ1) is 21.4. The smallest absolute Gasteiger partial charge is 0.232 e. The highest BCUT2D eigenvalue weighted by Gasteiger charge is 2.25. The van der Waals surface area contributed by atoms with Crippen molar-refractivity contribution in [2.24, 2.45) is 0 Å². The molecular formula is C22H23F2N3O3S. The number of carbonyl (C=O) groups excluding carboxylic acids is 1. The van der Waals surface area contributed by atoms with Gasteiger partial charge in [0.2, 0.25) is 10.0 Å². The number of carbonyl (C=O) groups is 1. The molecule has 1 saturated carbocycles. The van der Waals surface area contributed by atoms with Crippen LogP contribution >= 0.6 is 0 Å². The van der Waals surface area contributed by atoms with Crippen molar-refractivity contribution in [1.82, 2.24) is 9.97 Å². The topological polar surface area (TPSA) is 91.9 Å². The van der Waals surface area contributed by atoms with Crippen LogP contribution in [0.4, 0.5) is 14.5 Å². The summed E-state index contributed by atoms with van der Waals surface area (Å²) in [6, 6.07) is 3.70. The molecule has 6 nitrogen and oxygen atoms in total. The third kappa shape index (κ3) is 4.32. The molecule has 1 aliphatic carbocycles. The number of nitrogens with zero attached hydrogens (tertiary/aromatic N) is 1. The highest BCUT2D eigenvalue weighted by molar-refractivity contribution is 7.92. The van der Waals surface area contributed by atoms with E-state index in [0.717, 1.165) is 35.9 Å². The summed E-state index contributed by atoms with van der Waals surface area (Å²) in [4.78, 5) is 20.2. The van der Waals surface area contributed by atoms with Gasteiger partial charge >= 0.3 is 0 Å². The number of pyridine rings is 1. The predicted octanol–water partition coefficient (Wildman–Crippen LogP) is 4.69. The summed E-state index contributed by atoms with van der Waals surface area (Å²) < 4.78 is 55.2. The minimum atomic E-state index is -3.79. The first-order valence-electron chi connectivity index (χ1n) is 10.3. The minimum absolute atomic E-state index is 0.210. The van der Waals surface area contributed by atoms with E-state index in [1.165, 1.54) is 12.6 Å². The SMILES string of the molecule is CCCS(=O)(=O)Nc1ccc(F)c(C(=O)Cc2cnc3[nH]cc(C4CCC4)c3c2)c1F. The van der Waals surface area contributed by atoms with Crippen LogP contribution in [0, 0.1) is 11.6 Å². The van der Waals surface area contributed by atoms with Crippen LogP contribution in [0.15, 0.2) is 30.6 Å². The van der Waals surface area contributed by atoms with Crippen molar-refractivity contribution < 1.29 is 22.0 Å². The maximum Gasteiger partial charge on any atom is 0.232 e. The lowest BCUT2D eigenvalue weighted by atomic mass is 9.80. The predicted molar refractivity (Wildman–Crippen MR) is 115 cm³/mol. The van der Waals surface area contributed by atoms with Crippen LogP contribution < -0.4 is 4.72 Å². The average Bonchev–Trinajstić information content (AvgIpc) is 3.06. The zero-order valence-corrected chi connectivity index (χ0v) is 17.9. The molecule has 9 heteroatoms. The van der Waals surface area contributed by atoms with Crippen molar-refractivity contribution in [3.63, 3.8) is 0 Å². The second-order valence-electron chi connectivity index (χ2n) is 7.92. The molecule has 0 amide bonds. The van der Waals surface area contributed by atoms with Crippen molar-refractivity contribution >= 4 is 32.5 Å². The van der Waals surface area contributed by atoms with Gasteiger partial charge < -0.3 is 4.98 Å². The van der Waals surface area contributed by atoms with E-state index < -0.39 is 38.7 Å². The molecular weight excluding hydrogens is 424 g/mol. The number of aromatic amines is 1. The van der Waals surface area contributed by atoms with Crippen molar-refractivity contribution in [2.45, 2.75) is 44.9 Å². The summed E-state index contributed by atoms with van der Waals surface area (Å²) in [7, 11) is -3.79. The molecule has 1 aromatic carbocycles. The van der Waals surface area contributed by atoms with Crippen LogP contribution in [0.25, 0.3) is 11.0 Å². The van der Waals surface area contributed by atoms with Gasteiger partial charge in [-0.15, -0.1) is 0 Å².